The molecule has 1 fully saturated rings. The monoisotopic (exact) mass is 323 g/mol. The van der Waals surface area contributed by atoms with E-state index < -0.39 is 35.3 Å². The van der Waals surface area contributed by atoms with Crippen molar-refractivity contribution in [1.82, 2.24) is 4.90 Å². The minimum absolute atomic E-state index is 0.0171. The third-order valence-electron chi connectivity index (χ3n) is 3.89. The lowest BCUT2D eigenvalue weighted by Crippen LogP contribution is -2.47. The van der Waals surface area contributed by atoms with Crippen molar-refractivity contribution in [2.45, 2.75) is 38.7 Å². The molecule has 0 saturated carbocycles. The highest BCUT2D eigenvalue weighted by molar-refractivity contribution is 5.74. The lowest BCUT2D eigenvalue weighted by molar-refractivity contribution is -0.144. The molecule has 0 unspecified atom stereocenters. The minimum atomic E-state index is -1.04. The Morgan fingerprint density at radius 2 is 1.96 bits per heavy atom. The average molecular weight is 323 g/mol. The zero-order chi connectivity index (χ0) is 17.2. The molecule has 1 amide bonds. The number of ether oxygens (including phenoxy) is 1. The molecule has 2 rings (SSSR count). The van der Waals surface area contributed by atoms with Crippen molar-refractivity contribution in [2.75, 3.05) is 13.1 Å². The maximum Gasteiger partial charge on any atom is 0.410 e. The summed E-state index contributed by atoms with van der Waals surface area (Å²) in [5.74, 6) is -2.75. The van der Waals surface area contributed by atoms with Gasteiger partial charge in [0.15, 0.2) is 0 Å². The summed E-state index contributed by atoms with van der Waals surface area (Å²) in [6.45, 7) is 5.63. The fourth-order valence-electron chi connectivity index (χ4n) is 2.84. The molecule has 1 N–H and O–H groups in total. The molecule has 1 saturated heterocycles. The van der Waals surface area contributed by atoms with Gasteiger partial charge in [0.1, 0.15) is 11.4 Å². The number of carboxylic acids is 1. The number of benzene rings is 1. The van der Waals surface area contributed by atoms with Crippen molar-refractivity contribution in [3.8, 4) is 0 Å². The molecular weight excluding hydrogens is 301 g/mol. The lowest BCUT2D eigenvalue weighted by atomic mass is 9.80. The summed E-state index contributed by atoms with van der Waals surface area (Å²) in [5.41, 5.74) is -0.248. The number of hydrogen-bond acceptors (Lipinski definition) is 3. The third kappa shape index (κ3) is 4.21. The second-order valence-corrected chi connectivity index (χ2v) is 6.79. The minimum Gasteiger partial charge on any atom is -0.481 e. The molecule has 1 aromatic rings. The van der Waals surface area contributed by atoms with Crippen LogP contribution in [0.2, 0.25) is 0 Å². The van der Waals surface area contributed by atoms with Crippen LogP contribution < -0.4 is 0 Å². The fraction of sp³-hybridized carbons (Fsp3) is 0.529. The summed E-state index contributed by atoms with van der Waals surface area (Å²) in [5, 5.41) is 9.49. The summed E-state index contributed by atoms with van der Waals surface area (Å²) in [6, 6.07) is 6.20. The van der Waals surface area contributed by atoms with Gasteiger partial charge in [0.2, 0.25) is 0 Å². The standard InChI is InChI=1S/C17H22FNO4/c1-17(2,3)23-16(22)19-9-8-11(13(10-19)15(20)21)12-6-4-5-7-14(12)18/h4-7,11,13H,8-10H2,1-3H3,(H,20,21)/t11-,13-/m0/s1. The first-order chi connectivity index (χ1) is 10.7. The van der Waals surface area contributed by atoms with Gasteiger partial charge in [-0.05, 0) is 38.8 Å². The van der Waals surface area contributed by atoms with Gasteiger partial charge in [-0.3, -0.25) is 4.79 Å². The Morgan fingerprint density at radius 1 is 1.30 bits per heavy atom. The number of halogens is 1. The SMILES string of the molecule is CC(C)(C)OC(=O)N1CC[C@@H](c2ccccc2F)[C@@H](C(=O)O)C1. The van der Waals surface area contributed by atoms with Gasteiger partial charge in [0, 0.05) is 19.0 Å². The maximum atomic E-state index is 14.0. The smallest absolute Gasteiger partial charge is 0.410 e. The number of likely N-dealkylation sites (tertiary alicyclic amines) is 1. The van der Waals surface area contributed by atoms with E-state index in [-0.39, 0.29) is 6.54 Å². The molecule has 126 valence electrons. The zero-order valence-corrected chi connectivity index (χ0v) is 13.6. The van der Waals surface area contributed by atoms with Crippen molar-refractivity contribution in [3.05, 3.63) is 35.6 Å². The summed E-state index contributed by atoms with van der Waals surface area (Å²) in [7, 11) is 0. The van der Waals surface area contributed by atoms with Crippen LogP contribution in [0.25, 0.3) is 0 Å². The number of aliphatic carboxylic acids is 1. The van der Waals surface area contributed by atoms with Crippen LogP contribution in [0.15, 0.2) is 24.3 Å². The topological polar surface area (TPSA) is 66.8 Å². The number of hydrogen-bond donors (Lipinski definition) is 1. The highest BCUT2D eigenvalue weighted by Gasteiger charge is 2.39. The van der Waals surface area contributed by atoms with Crippen LogP contribution in [0.3, 0.4) is 0 Å². The number of rotatable bonds is 2. The Morgan fingerprint density at radius 3 is 2.52 bits per heavy atom. The van der Waals surface area contributed by atoms with Gasteiger partial charge in [0.05, 0.1) is 5.92 Å². The highest BCUT2D eigenvalue weighted by Crippen LogP contribution is 2.35. The Bertz CT molecular complexity index is 597. The van der Waals surface area contributed by atoms with E-state index in [1.54, 1.807) is 39.0 Å². The first kappa shape index (κ1) is 17.2. The summed E-state index contributed by atoms with van der Waals surface area (Å²) in [6.07, 6.45) is -0.146. The molecule has 1 heterocycles. The molecule has 0 radical (unpaired) electrons. The Kier molecular flexibility index (Phi) is 4.92. The molecule has 6 heteroatoms. The number of carboxylic acid groups (broad SMARTS) is 1. The van der Waals surface area contributed by atoms with E-state index in [1.165, 1.54) is 11.0 Å². The third-order valence-corrected chi connectivity index (χ3v) is 3.89. The molecular formula is C17H22FNO4. The van der Waals surface area contributed by atoms with E-state index in [0.29, 0.717) is 18.5 Å². The van der Waals surface area contributed by atoms with Crippen LogP contribution in [0.1, 0.15) is 38.7 Å². The number of nitrogens with zero attached hydrogens (tertiary/aromatic N) is 1. The van der Waals surface area contributed by atoms with Crippen LogP contribution in [-0.2, 0) is 9.53 Å². The number of carbonyl (C=O) groups is 2. The van der Waals surface area contributed by atoms with Gasteiger partial charge in [-0.2, -0.15) is 0 Å². The van der Waals surface area contributed by atoms with Gasteiger partial charge in [-0.25, -0.2) is 9.18 Å². The van der Waals surface area contributed by atoms with Crippen LogP contribution in [0, 0.1) is 11.7 Å². The summed E-state index contributed by atoms with van der Waals surface area (Å²) in [4.78, 5) is 25.1. The molecule has 1 aliphatic rings. The molecule has 0 bridgehead atoms. The number of amides is 1. The van der Waals surface area contributed by atoms with Gasteiger partial charge in [-0.1, -0.05) is 18.2 Å². The van der Waals surface area contributed by atoms with Gasteiger partial charge < -0.3 is 14.7 Å². The van der Waals surface area contributed by atoms with E-state index in [2.05, 4.69) is 0 Å². The Labute approximate surface area is 135 Å². The molecule has 1 aromatic carbocycles. The average Bonchev–Trinajstić information content (AvgIpc) is 2.45. The van der Waals surface area contributed by atoms with Gasteiger partial charge in [-0.15, -0.1) is 0 Å². The number of carbonyl (C=O) groups excluding carboxylic acids is 1. The quantitative estimate of drug-likeness (QED) is 0.907. The zero-order valence-electron chi connectivity index (χ0n) is 13.6. The van der Waals surface area contributed by atoms with Crippen molar-refractivity contribution in [1.29, 1.82) is 0 Å². The first-order valence-corrected chi connectivity index (χ1v) is 7.64. The van der Waals surface area contributed by atoms with E-state index in [4.69, 9.17) is 4.74 Å². The van der Waals surface area contributed by atoms with Crippen LogP contribution in [-0.4, -0.2) is 40.8 Å². The molecule has 0 aliphatic carbocycles. The van der Waals surface area contributed by atoms with E-state index >= 15 is 0 Å². The molecule has 0 aromatic heterocycles. The van der Waals surface area contributed by atoms with E-state index in [9.17, 15) is 19.1 Å². The Hall–Kier alpha value is -2.11. The molecule has 5 nitrogen and oxygen atoms in total. The van der Waals surface area contributed by atoms with E-state index in [1.807, 2.05) is 0 Å². The van der Waals surface area contributed by atoms with E-state index in [0.717, 1.165) is 0 Å². The van der Waals surface area contributed by atoms with Gasteiger partial charge in [0.25, 0.3) is 0 Å². The summed E-state index contributed by atoms with van der Waals surface area (Å²) < 4.78 is 19.3. The van der Waals surface area contributed by atoms with Crippen molar-refractivity contribution < 1.29 is 23.8 Å². The predicted molar refractivity (Wildman–Crippen MR) is 82.7 cm³/mol. The van der Waals surface area contributed by atoms with Crippen molar-refractivity contribution in [2.24, 2.45) is 5.92 Å². The van der Waals surface area contributed by atoms with Crippen LogP contribution in [0.5, 0.6) is 0 Å². The molecule has 23 heavy (non-hydrogen) atoms. The maximum absolute atomic E-state index is 14.0. The Balaban J connectivity index is 2.17. The van der Waals surface area contributed by atoms with Crippen molar-refractivity contribution in [3.63, 3.8) is 0 Å². The lowest BCUT2D eigenvalue weighted by Gasteiger charge is -2.37. The molecule has 0 spiro atoms. The second kappa shape index (κ2) is 6.56. The van der Waals surface area contributed by atoms with Gasteiger partial charge >= 0.3 is 12.1 Å². The van der Waals surface area contributed by atoms with Crippen LogP contribution >= 0.6 is 0 Å². The predicted octanol–water partition coefficient (Wildman–Crippen LogP) is 3.25. The fourth-order valence-corrected chi connectivity index (χ4v) is 2.84. The normalized spacial score (nSPS) is 21.8. The number of piperidine rings is 1. The van der Waals surface area contributed by atoms with Crippen molar-refractivity contribution >= 4 is 12.1 Å². The second-order valence-electron chi connectivity index (χ2n) is 6.79. The molecule has 2 atom stereocenters. The molecule has 1 aliphatic heterocycles. The summed E-state index contributed by atoms with van der Waals surface area (Å²) >= 11 is 0. The first-order valence-electron chi connectivity index (χ1n) is 7.64. The highest BCUT2D eigenvalue weighted by atomic mass is 19.1. The van der Waals surface area contributed by atoms with Crippen LogP contribution in [0.4, 0.5) is 9.18 Å². The largest absolute Gasteiger partial charge is 0.481 e.